The Morgan fingerprint density at radius 2 is 2.27 bits per heavy atom. The second kappa shape index (κ2) is 4.75. The molecule has 15 heavy (non-hydrogen) atoms. The lowest BCUT2D eigenvalue weighted by molar-refractivity contribution is 1.05. The Kier molecular flexibility index (Phi) is 3.36. The molecule has 0 aliphatic rings. The molecule has 0 amide bonds. The lowest BCUT2D eigenvalue weighted by atomic mass is 10.1. The Hall–Kier alpha value is -0.900. The van der Waals surface area contributed by atoms with Gasteiger partial charge in [-0.05, 0) is 17.2 Å². The molecule has 0 radical (unpaired) electrons. The van der Waals surface area contributed by atoms with Gasteiger partial charge < -0.3 is 5.73 Å². The largest absolute Gasteiger partial charge is 0.326 e. The number of aromatic nitrogens is 1. The number of hydrogen-bond acceptors (Lipinski definition) is 3. The van der Waals surface area contributed by atoms with Crippen LogP contribution in [-0.2, 0) is 13.0 Å². The zero-order chi connectivity index (χ0) is 10.7. The number of nitrogens with zero attached hydrogens (tertiary/aromatic N) is 1. The first-order valence-corrected chi connectivity index (χ1v) is 5.91. The van der Waals surface area contributed by atoms with Crippen molar-refractivity contribution in [3.05, 3.63) is 50.9 Å². The van der Waals surface area contributed by atoms with Crippen LogP contribution >= 0.6 is 22.9 Å². The lowest BCUT2D eigenvalue weighted by Crippen LogP contribution is -1.98. The van der Waals surface area contributed by atoms with Crippen LogP contribution in [0.5, 0.6) is 0 Å². The first-order chi connectivity index (χ1) is 7.29. The van der Waals surface area contributed by atoms with Crippen molar-refractivity contribution in [3.8, 4) is 0 Å². The Labute approximate surface area is 97.7 Å². The summed E-state index contributed by atoms with van der Waals surface area (Å²) in [5, 5.41) is 3.83. The first-order valence-electron chi connectivity index (χ1n) is 4.65. The molecule has 2 rings (SSSR count). The van der Waals surface area contributed by atoms with Crippen LogP contribution in [-0.4, -0.2) is 4.98 Å². The smallest absolute Gasteiger partial charge is 0.0968 e. The number of halogens is 1. The van der Waals surface area contributed by atoms with E-state index in [1.54, 1.807) is 11.3 Å². The summed E-state index contributed by atoms with van der Waals surface area (Å²) in [6, 6.07) is 5.96. The Balaban J connectivity index is 2.22. The van der Waals surface area contributed by atoms with Crippen LogP contribution in [0.25, 0.3) is 0 Å². The molecule has 0 spiro atoms. The summed E-state index contributed by atoms with van der Waals surface area (Å²) in [4.78, 5) is 4.24. The summed E-state index contributed by atoms with van der Waals surface area (Å²) in [7, 11) is 0. The number of hydrogen-bond donors (Lipinski definition) is 1. The summed E-state index contributed by atoms with van der Waals surface area (Å²) in [5.41, 5.74) is 7.79. The SMILES string of the molecule is NCc1cc(Cc2nccs2)ccc1Cl. The van der Waals surface area contributed by atoms with Crippen molar-refractivity contribution in [2.24, 2.45) is 5.73 Å². The molecule has 4 heteroatoms. The maximum Gasteiger partial charge on any atom is 0.0968 e. The third kappa shape index (κ3) is 2.56. The van der Waals surface area contributed by atoms with Crippen molar-refractivity contribution in [3.63, 3.8) is 0 Å². The molecule has 0 aliphatic carbocycles. The Morgan fingerprint density at radius 3 is 2.93 bits per heavy atom. The van der Waals surface area contributed by atoms with Gasteiger partial charge in [-0.2, -0.15) is 0 Å². The molecule has 0 fully saturated rings. The average molecular weight is 239 g/mol. The van der Waals surface area contributed by atoms with Crippen molar-refractivity contribution in [2.45, 2.75) is 13.0 Å². The maximum atomic E-state index is 5.99. The van der Waals surface area contributed by atoms with Gasteiger partial charge in [0.1, 0.15) is 0 Å². The molecule has 1 aromatic heterocycles. The summed E-state index contributed by atoms with van der Waals surface area (Å²) >= 11 is 7.65. The van der Waals surface area contributed by atoms with E-state index in [1.165, 1.54) is 5.56 Å². The molecule has 1 aromatic carbocycles. The van der Waals surface area contributed by atoms with Crippen LogP contribution in [0.2, 0.25) is 5.02 Å². The van der Waals surface area contributed by atoms with Gasteiger partial charge in [-0.3, -0.25) is 0 Å². The van der Waals surface area contributed by atoms with Crippen LogP contribution < -0.4 is 5.73 Å². The van der Waals surface area contributed by atoms with E-state index in [9.17, 15) is 0 Å². The van der Waals surface area contributed by atoms with E-state index in [2.05, 4.69) is 4.98 Å². The number of nitrogens with two attached hydrogens (primary N) is 1. The third-order valence-corrected chi connectivity index (χ3v) is 3.32. The second-order valence-corrected chi connectivity index (χ2v) is 4.62. The van der Waals surface area contributed by atoms with Crippen LogP contribution in [0, 0.1) is 0 Å². The normalized spacial score (nSPS) is 10.5. The van der Waals surface area contributed by atoms with Gasteiger partial charge in [0.05, 0.1) is 5.01 Å². The zero-order valence-electron chi connectivity index (χ0n) is 8.11. The fraction of sp³-hybridized carbons (Fsp3) is 0.182. The average Bonchev–Trinajstić information content (AvgIpc) is 2.73. The van der Waals surface area contributed by atoms with Gasteiger partial charge in [-0.15, -0.1) is 11.3 Å². The highest BCUT2D eigenvalue weighted by Gasteiger charge is 2.02. The number of benzene rings is 1. The second-order valence-electron chi connectivity index (χ2n) is 3.23. The van der Waals surface area contributed by atoms with Gasteiger partial charge in [-0.1, -0.05) is 23.7 Å². The first kappa shape index (κ1) is 10.6. The third-order valence-electron chi connectivity index (χ3n) is 2.17. The van der Waals surface area contributed by atoms with Crippen LogP contribution in [0.4, 0.5) is 0 Å². The van der Waals surface area contributed by atoms with Gasteiger partial charge in [0, 0.05) is 29.6 Å². The Morgan fingerprint density at radius 1 is 1.40 bits per heavy atom. The fourth-order valence-corrected chi connectivity index (χ4v) is 2.25. The minimum Gasteiger partial charge on any atom is -0.326 e. The maximum absolute atomic E-state index is 5.99. The topological polar surface area (TPSA) is 38.9 Å². The van der Waals surface area contributed by atoms with E-state index < -0.39 is 0 Å². The molecule has 2 N–H and O–H groups in total. The van der Waals surface area contributed by atoms with Crippen LogP contribution in [0.15, 0.2) is 29.8 Å². The summed E-state index contributed by atoms with van der Waals surface area (Å²) in [6.45, 7) is 0.477. The van der Waals surface area contributed by atoms with E-state index in [-0.39, 0.29) is 0 Å². The standard InChI is InChI=1S/C11H11ClN2S/c12-10-2-1-8(5-9(10)7-13)6-11-14-3-4-15-11/h1-5H,6-7,13H2. The summed E-state index contributed by atoms with van der Waals surface area (Å²) < 4.78 is 0. The molecule has 2 aromatic rings. The minimum absolute atomic E-state index is 0.477. The van der Waals surface area contributed by atoms with Gasteiger partial charge >= 0.3 is 0 Å². The molecule has 2 nitrogen and oxygen atoms in total. The van der Waals surface area contributed by atoms with E-state index in [1.807, 2.05) is 29.8 Å². The minimum atomic E-state index is 0.477. The molecule has 0 atom stereocenters. The number of rotatable bonds is 3. The van der Waals surface area contributed by atoms with Gasteiger partial charge in [0.15, 0.2) is 0 Å². The highest BCUT2D eigenvalue weighted by atomic mass is 35.5. The lowest BCUT2D eigenvalue weighted by Gasteiger charge is -2.04. The molecule has 0 unspecified atom stereocenters. The predicted octanol–water partition coefficient (Wildman–Crippen LogP) is 2.85. The van der Waals surface area contributed by atoms with E-state index in [0.29, 0.717) is 6.54 Å². The highest BCUT2D eigenvalue weighted by Crippen LogP contribution is 2.19. The predicted molar refractivity (Wildman–Crippen MR) is 64.3 cm³/mol. The Bertz CT molecular complexity index is 440. The molecule has 0 aliphatic heterocycles. The van der Waals surface area contributed by atoms with Crippen molar-refractivity contribution in [1.29, 1.82) is 0 Å². The van der Waals surface area contributed by atoms with Crippen LogP contribution in [0.1, 0.15) is 16.1 Å². The zero-order valence-corrected chi connectivity index (χ0v) is 9.68. The molecule has 1 heterocycles. The molecule has 0 saturated carbocycles. The quantitative estimate of drug-likeness (QED) is 0.893. The van der Waals surface area contributed by atoms with Crippen molar-refractivity contribution >= 4 is 22.9 Å². The van der Waals surface area contributed by atoms with Crippen molar-refractivity contribution in [1.82, 2.24) is 4.98 Å². The molecular weight excluding hydrogens is 228 g/mol. The molecule has 0 saturated heterocycles. The fourth-order valence-electron chi connectivity index (χ4n) is 1.41. The summed E-state index contributed by atoms with van der Waals surface area (Å²) in [5.74, 6) is 0. The highest BCUT2D eigenvalue weighted by molar-refractivity contribution is 7.09. The molecular formula is C11H11ClN2S. The van der Waals surface area contributed by atoms with E-state index in [4.69, 9.17) is 17.3 Å². The van der Waals surface area contributed by atoms with Gasteiger partial charge in [0.25, 0.3) is 0 Å². The van der Waals surface area contributed by atoms with Gasteiger partial charge in [-0.25, -0.2) is 4.98 Å². The summed E-state index contributed by atoms with van der Waals surface area (Å²) in [6.07, 6.45) is 2.67. The van der Waals surface area contributed by atoms with Gasteiger partial charge in [0.2, 0.25) is 0 Å². The molecule has 0 bridgehead atoms. The number of thiazole rings is 1. The van der Waals surface area contributed by atoms with Crippen molar-refractivity contribution in [2.75, 3.05) is 0 Å². The monoisotopic (exact) mass is 238 g/mol. The van der Waals surface area contributed by atoms with E-state index in [0.717, 1.165) is 22.0 Å². The van der Waals surface area contributed by atoms with Crippen molar-refractivity contribution < 1.29 is 0 Å². The molecule has 78 valence electrons. The van der Waals surface area contributed by atoms with E-state index >= 15 is 0 Å². The van der Waals surface area contributed by atoms with Crippen LogP contribution in [0.3, 0.4) is 0 Å².